The van der Waals surface area contributed by atoms with Gasteiger partial charge in [-0.05, 0) is 92.9 Å². The Bertz CT molecular complexity index is 1230. The van der Waals surface area contributed by atoms with Crippen LogP contribution >= 0.6 is 0 Å². The maximum atomic E-state index is 12.4. The molecule has 0 saturated heterocycles. The molecule has 0 spiro atoms. The van der Waals surface area contributed by atoms with E-state index in [1.807, 2.05) is 38.1 Å². The summed E-state index contributed by atoms with van der Waals surface area (Å²) in [5.74, 6) is 1.62. The average molecular weight is 576 g/mol. The van der Waals surface area contributed by atoms with Crippen molar-refractivity contribution in [1.29, 1.82) is 0 Å². The van der Waals surface area contributed by atoms with Crippen molar-refractivity contribution in [3.05, 3.63) is 83.9 Å². The lowest BCUT2D eigenvalue weighted by molar-refractivity contribution is -0.120. The van der Waals surface area contributed by atoms with E-state index in [2.05, 4.69) is 38.6 Å². The summed E-state index contributed by atoms with van der Waals surface area (Å²) in [7, 11) is 6.39. The van der Waals surface area contributed by atoms with E-state index in [1.54, 1.807) is 36.4 Å². The zero-order valence-corrected chi connectivity index (χ0v) is 25.9. The predicted octanol–water partition coefficient (Wildman–Crippen LogP) is 6.97. The topological polar surface area (TPSA) is 73.9 Å². The van der Waals surface area contributed by atoms with E-state index in [-0.39, 0.29) is 12.0 Å². The van der Waals surface area contributed by atoms with Crippen LogP contribution in [0.2, 0.25) is 0 Å². The molecular weight excluding hydrogens is 528 g/mol. The fourth-order valence-electron chi connectivity index (χ4n) is 4.37. The third-order valence-corrected chi connectivity index (χ3v) is 6.73. The molecule has 0 unspecified atom stereocenters. The first-order valence-corrected chi connectivity index (χ1v) is 15.0. The molecule has 0 saturated carbocycles. The van der Waals surface area contributed by atoms with Crippen molar-refractivity contribution >= 4 is 17.6 Å². The summed E-state index contributed by atoms with van der Waals surface area (Å²) < 4.78 is 17.7. The van der Waals surface area contributed by atoms with Gasteiger partial charge in [-0.15, -0.1) is 0 Å². The lowest BCUT2D eigenvalue weighted by Gasteiger charge is -2.23. The molecule has 3 aromatic rings. The minimum atomic E-state index is -0.413. The molecule has 7 heteroatoms. The van der Waals surface area contributed by atoms with E-state index in [0.29, 0.717) is 24.3 Å². The van der Waals surface area contributed by atoms with Gasteiger partial charge in [-0.25, -0.2) is 4.79 Å². The Hall–Kier alpha value is -3.84. The second kappa shape index (κ2) is 16.6. The summed E-state index contributed by atoms with van der Waals surface area (Å²) in [6.07, 6.45) is 6.99. The first-order valence-electron chi connectivity index (χ1n) is 15.0. The van der Waals surface area contributed by atoms with E-state index >= 15 is 0 Å². The number of benzene rings is 3. The lowest BCUT2D eigenvalue weighted by atomic mass is 10.1. The van der Waals surface area contributed by atoms with Gasteiger partial charge in [-0.2, -0.15) is 0 Å². The molecule has 3 rings (SSSR count). The number of ether oxygens (including phenoxy) is 3. The molecule has 42 heavy (non-hydrogen) atoms. The van der Waals surface area contributed by atoms with Crippen molar-refractivity contribution in [3.8, 4) is 17.2 Å². The summed E-state index contributed by atoms with van der Waals surface area (Å²) in [5, 5.41) is 3.04. The fraction of sp³-hybridized carbons (Fsp3) is 0.429. The molecule has 3 aromatic carbocycles. The second-order valence-corrected chi connectivity index (χ2v) is 11.7. The van der Waals surface area contributed by atoms with E-state index < -0.39 is 5.97 Å². The number of esters is 1. The number of unbranched alkanes of at least 4 members (excludes halogenated alkanes) is 5. The van der Waals surface area contributed by atoms with Crippen molar-refractivity contribution in [2.75, 3.05) is 34.3 Å². The molecule has 0 aliphatic rings. The number of hydrogen-bond donors (Lipinski definition) is 1. The van der Waals surface area contributed by atoms with Gasteiger partial charge in [-0.3, -0.25) is 9.28 Å². The number of carbonyl (C=O) groups is 2. The van der Waals surface area contributed by atoms with Crippen LogP contribution in [0.15, 0.2) is 72.8 Å². The van der Waals surface area contributed by atoms with Crippen LogP contribution in [0.3, 0.4) is 0 Å². The minimum absolute atomic E-state index is 0.0776. The van der Waals surface area contributed by atoms with Gasteiger partial charge in [0.15, 0.2) is 0 Å². The molecule has 7 nitrogen and oxygen atoms in total. The minimum Gasteiger partial charge on any atom is -0.494 e. The molecule has 1 amide bonds. The smallest absolute Gasteiger partial charge is 0.343 e. The molecular formula is C35H47N2O5+. The van der Waals surface area contributed by atoms with Gasteiger partial charge >= 0.3 is 5.97 Å². The molecule has 0 heterocycles. The maximum Gasteiger partial charge on any atom is 0.343 e. The Morgan fingerprint density at radius 2 is 1.29 bits per heavy atom. The van der Waals surface area contributed by atoms with Gasteiger partial charge in [0.25, 0.3) is 0 Å². The van der Waals surface area contributed by atoms with E-state index in [1.165, 1.54) is 5.69 Å². The molecule has 0 aromatic heterocycles. The Morgan fingerprint density at radius 3 is 1.90 bits per heavy atom. The highest BCUT2D eigenvalue weighted by Gasteiger charge is 2.12. The van der Waals surface area contributed by atoms with Gasteiger partial charge in [-0.1, -0.05) is 37.8 Å². The largest absolute Gasteiger partial charge is 0.494 e. The van der Waals surface area contributed by atoms with Crippen LogP contribution in [0.5, 0.6) is 17.2 Å². The maximum absolute atomic E-state index is 12.4. The molecule has 226 valence electrons. The van der Waals surface area contributed by atoms with E-state index in [0.717, 1.165) is 66.6 Å². The number of hydrogen-bond acceptors (Lipinski definition) is 5. The number of nitrogens with one attached hydrogen (secondary N) is 1. The fourth-order valence-corrected chi connectivity index (χ4v) is 4.37. The third kappa shape index (κ3) is 12.0. The summed E-state index contributed by atoms with van der Waals surface area (Å²) in [5.41, 5.74) is 2.73. The zero-order chi connectivity index (χ0) is 30.4. The predicted molar refractivity (Wildman–Crippen MR) is 170 cm³/mol. The monoisotopic (exact) mass is 575 g/mol. The van der Waals surface area contributed by atoms with Crippen LogP contribution in [0.25, 0.3) is 0 Å². The summed E-state index contributed by atoms with van der Waals surface area (Å²) in [6.45, 7) is 5.29. The van der Waals surface area contributed by atoms with Crippen LogP contribution in [-0.2, 0) is 11.2 Å². The number of nitrogens with zero attached hydrogens (tertiary/aromatic N) is 1. The normalized spacial score (nSPS) is 11.3. The highest BCUT2D eigenvalue weighted by molar-refractivity contribution is 5.91. The molecule has 0 fully saturated rings. The van der Waals surface area contributed by atoms with Crippen molar-refractivity contribution in [2.45, 2.75) is 64.9 Å². The SMILES string of the molecule is CC(C)Oc1ccc(C(=O)Oc2ccc(OCCCCCCCCNC(=O)Cc3ccc([N+](C)(C)C)cc3)cc2)cc1. The van der Waals surface area contributed by atoms with Crippen LogP contribution in [0.4, 0.5) is 5.69 Å². The first kappa shape index (κ1) is 32.7. The number of quaternary nitrogens is 1. The standard InChI is InChI=1S/C35H46N2O5/c1-27(2)41-32-18-14-29(15-19-32)35(39)42-33-22-20-31(21-23-33)40-25-11-9-7-6-8-10-24-36-34(38)26-28-12-16-30(17-13-28)37(3,4)5/h12-23,27H,6-11,24-26H2,1-5H3/p+1. The third-order valence-electron chi connectivity index (χ3n) is 6.73. The van der Waals surface area contributed by atoms with Crippen molar-refractivity contribution in [2.24, 2.45) is 0 Å². The molecule has 1 N–H and O–H groups in total. The van der Waals surface area contributed by atoms with Gasteiger partial charge in [0, 0.05) is 6.54 Å². The van der Waals surface area contributed by atoms with Gasteiger partial charge in [0.05, 0.1) is 45.8 Å². The van der Waals surface area contributed by atoms with Gasteiger partial charge < -0.3 is 19.5 Å². The van der Waals surface area contributed by atoms with Crippen molar-refractivity contribution in [1.82, 2.24) is 9.80 Å². The Balaban J connectivity index is 1.20. The second-order valence-electron chi connectivity index (χ2n) is 11.7. The molecule has 0 atom stereocenters. The number of rotatable bonds is 17. The lowest BCUT2D eigenvalue weighted by Crippen LogP contribution is -2.34. The van der Waals surface area contributed by atoms with Gasteiger partial charge in [0.2, 0.25) is 5.91 Å². The summed E-state index contributed by atoms with van der Waals surface area (Å²) in [4.78, 5) is 24.6. The van der Waals surface area contributed by atoms with Crippen LogP contribution in [0.1, 0.15) is 68.3 Å². The van der Waals surface area contributed by atoms with Crippen LogP contribution in [-0.4, -0.2) is 52.3 Å². The van der Waals surface area contributed by atoms with Crippen LogP contribution in [0, 0.1) is 0 Å². The number of amides is 1. The zero-order valence-electron chi connectivity index (χ0n) is 25.9. The average Bonchev–Trinajstić information content (AvgIpc) is 2.94. The van der Waals surface area contributed by atoms with Gasteiger partial charge in [0.1, 0.15) is 22.9 Å². The van der Waals surface area contributed by atoms with E-state index in [9.17, 15) is 9.59 Å². The quantitative estimate of drug-likeness (QED) is 0.0815. The molecule has 0 bridgehead atoms. The molecule has 0 aliphatic heterocycles. The Morgan fingerprint density at radius 1 is 0.714 bits per heavy atom. The van der Waals surface area contributed by atoms with Crippen molar-refractivity contribution < 1.29 is 23.8 Å². The van der Waals surface area contributed by atoms with E-state index in [4.69, 9.17) is 14.2 Å². The summed E-state index contributed by atoms with van der Waals surface area (Å²) in [6, 6.07) is 22.3. The first-order chi connectivity index (χ1) is 20.1. The highest BCUT2D eigenvalue weighted by Crippen LogP contribution is 2.21. The van der Waals surface area contributed by atoms with Crippen molar-refractivity contribution in [3.63, 3.8) is 0 Å². The molecule has 0 aliphatic carbocycles. The Labute approximate surface area is 251 Å². The highest BCUT2D eigenvalue weighted by atomic mass is 16.5. The van der Waals surface area contributed by atoms with Crippen LogP contribution < -0.4 is 24.0 Å². The Kier molecular flexibility index (Phi) is 12.9. The number of carbonyl (C=O) groups excluding carboxylic acids is 2. The molecule has 0 radical (unpaired) electrons. The summed E-state index contributed by atoms with van der Waals surface area (Å²) >= 11 is 0.